The van der Waals surface area contributed by atoms with E-state index in [2.05, 4.69) is 27.7 Å². The van der Waals surface area contributed by atoms with Crippen molar-refractivity contribution >= 4 is 0 Å². The summed E-state index contributed by atoms with van der Waals surface area (Å²) in [7, 11) is 0. The van der Waals surface area contributed by atoms with Crippen LogP contribution in [0.5, 0.6) is 0 Å². The summed E-state index contributed by atoms with van der Waals surface area (Å²) < 4.78 is 0. The molecule has 0 radical (unpaired) electrons. The standard InChI is InChI=1S/C18H34/c1-16(2,18(4)13-9-6-10-14-18)15-17(3)11-7-5-8-12-17/h5-15H2,1-4H3. The maximum absolute atomic E-state index is 2.58. The van der Waals surface area contributed by atoms with Gasteiger partial charge in [-0.3, -0.25) is 0 Å². The first-order chi connectivity index (χ1) is 8.37. The molecule has 0 aromatic carbocycles. The maximum Gasteiger partial charge on any atom is -0.0274 e. The molecule has 0 unspecified atom stereocenters. The van der Waals surface area contributed by atoms with Crippen LogP contribution in [0.3, 0.4) is 0 Å². The van der Waals surface area contributed by atoms with Gasteiger partial charge in [-0.25, -0.2) is 0 Å². The van der Waals surface area contributed by atoms with E-state index in [1.165, 1.54) is 70.6 Å². The molecule has 18 heavy (non-hydrogen) atoms. The Morgan fingerprint density at radius 2 is 1.17 bits per heavy atom. The lowest BCUT2D eigenvalue weighted by atomic mass is 9.54. The van der Waals surface area contributed by atoms with E-state index in [1.54, 1.807) is 0 Å². The van der Waals surface area contributed by atoms with E-state index in [0.717, 1.165) is 0 Å². The Kier molecular flexibility index (Phi) is 4.14. The average Bonchev–Trinajstić information content (AvgIpc) is 2.29. The Balaban J connectivity index is 2.05. The van der Waals surface area contributed by atoms with Crippen molar-refractivity contribution in [1.29, 1.82) is 0 Å². The first-order valence-electron chi connectivity index (χ1n) is 8.37. The number of hydrogen-bond donors (Lipinski definition) is 0. The monoisotopic (exact) mass is 250 g/mol. The molecule has 0 spiro atoms. The van der Waals surface area contributed by atoms with Gasteiger partial charge in [0.1, 0.15) is 0 Å². The highest BCUT2D eigenvalue weighted by Crippen LogP contribution is 2.56. The van der Waals surface area contributed by atoms with Crippen molar-refractivity contribution < 1.29 is 0 Å². The molecule has 2 fully saturated rings. The van der Waals surface area contributed by atoms with Crippen molar-refractivity contribution in [2.45, 2.75) is 98.3 Å². The van der Waals surface area contributed by atoms with E-state index >= 15 is 0 Å². The molecule has 0 aliphatic heterocycles. The van der Waals surface area contributed by atoms with Gasteiger partial charge in [0.25, 0.3) is 0 Å². The molecule has 0 heteroatoms. The summed E-state index contributed by atoms with van der Waals surface area (Å²) in [6, 6.07) is 0. The van der Waals surface area contributed by atoms with Gasteiger partial charge in [-0.15, -0.1) is 0 Å². The number of hydrogen-bond acceptors (Lipinski definition) is 0. The van der Waals surface area contributed by atoms with Crippen LogP contribution in [0, 0.1) is 16.2 Å². The first-order valence-corrected chi connectivity index (χ1v) is 8.37. The Hall–Kier alpha value is 0. The molecule has 0 amide bonds. The molecular formula is C18H34. The largest absolute Gasteiger partial charge is 0.0596 e. The third kappa shape index (κ3) is 2.94. The molecule has 0 bridgehead atoms. The molecule has 0 atom stereocenters. The summed E-state index contributed by atoms with van der Waals surface area (Å²) in [5.74, 6) is 0. The molecule has 2 saturated carbocycles. The van der Waals surface area contributed by atoms with E-state index < -0.39 is 0 Å². The van der Waals surface area contributed by atoms with E-state index in [1.807, 2.05) is 0 Å². The van der Waals surface area contributed by atoms with Crippen LogP contribution in [0.25, 0.3) is 0 Å². The van der Waals surface area contributed by atoms with Crippen LogP contribution in [-0.2, 0) is 0 Å². The zero-order chi connectivity index (χ0) is 13.3. The van der Waals surface area contributed by atoms with Crippen molar-refractivity contribution in [2.24, 2.45) is 16.2 Å². The zero-order valence-corrected chi connectivity index (χ0v) is 13.3. The molecule has 0 nitrogen and oxygen atoms in total. The average molecular weight is 250 g/mol. The normalized spacial score (nSPS) is 28.0. The Labute approximate surface area is 115 Å². The lowest BCUT2D eigenvalue weighted by Gasteiger charge is -2.51. The van der Waals surface area contributed by atoms with Crippen molar-refractivity contribution in [3.05, 3.63) is 0 Å². The fraction of sp³-hybridized carbons (Fsp3) is 1.00. The van der Waals surface area contributed by atoms with Gasteiger partial charge >= 0.3 is 0 Å². The molecule has 0 saturated heterocycles. The van der Waals surface area contributed by atoms with Crippen molar-refractivity contribution in [2.75, 3.05) is 0 Å². The molecule has 2 aliphatic rings. The fourth-order valence-corrected chi connectivity index (χ4v) is 4.87. The van der Waals surface area contributed by atoms with Gasteiger partial charge in [0.2, 0.25) is 0 Å². The Bertz CT molecular complexity index is 262. The zero-order valence-electron chi connectivity index (χ0n) is 13.3. The molecular weight excluding hydrogens is 216 g/mol. The van der Waals surface area contributed by atoms with Crippen LogP contribution in [0.1, 0.15) is 98.3 Å². The van der Waals surface area contributed by atoms with Crippen LogP contribution in [-0.4, -0.2) is 0 Å². The minimum Gasteiger partial charge on any atom is -0.0596 e. The fourth-order valence-electron chi connectivity index (χ4n) is 4.87. The van der Waals surface area contributed by atoms with Gasteiger partial charge in [0.05, 0.1) is 0 Å². The molecule has 0 aromatic heterocycles. The van der Waals surface area contributed by atoms with Crippen molar-refractivity contribution in [3.63, 3.8) is 0 Å². The van der Waals surface area contributed by atoms with Gasteiger partial charge < -0.3 is 0 Å². The second kappa shape index (κ2) is 5.17. The third-order valence-corrected chi connectivity index (χ3v) is 6.52. The van der Waals surface area contributed by atoms with Crippen molar-refractivity contribution in [1.82, 2.24) is 0 Å². The molecule has 0 heterocycles. The topological polar surface area (TPSA) is 0 Å². The molecule has 2 rings (SSSR count). The van der Waals surface area contributed by atoms with Crippen LogP contribution in [0.15, 0.2) is 0 Å². The Morgan fingerprint density at radius 3 is 1.67 bits per heavy atom. The quantitative estimate of drug-likeness (QED) is 0.548. The molecule has 106 valence electrons. The number of rotatable bonds is 3. The van der Waals surface area contributed by atoms with Gasteiger partial charge in [-0.05, 0) is 48.3 Å². The highest BCUT2D eigenvalue weighted by molar-refractivity contribution is 4.95. The van der Waals surface area contributed by atoms with Gasteiger partial charge in [0.15, 0.2) is 0 Å². The summed E-state index contributed by atoms with van der Waals surface area (Å²) in [5, 5.41) is 0. The first kappa shape index (κ1) is 14.4. The Morgan fingerprint density at radius 1 is 0.722 bits per heavy atom. The predicted molar refractivity (Wildman–Crippen MR) is 80.8 cm³/mol. The summed E-state index contributed by atoms with van der Waals surface area (Å²) >= 11 is 0. The summed E-state index contributed by atoms with van der Waals surface area (Å²) in [4.78, 5) is 0. The SMILES string of the molecule is CC1(CC(C)(C)C2(C)CCCCC2)CCCCC1. The van der Waals surface area contributed by atoms with E-state index in [-0.39, 0.29) is 0 Å². The second-order valence-electron chi connectivity index (χ2n) is 8.55. The third-order valence-electron chi connectivity index (χ3n) is 6.52. The lowest BCUT2D eigenvalue weighted by Crippen LogP contribution is -2.41. The summed E-state index contributed by atoms with van der Waals surface area (Å²) in [5.41, 5.74) is 1.77. The second-order valence-corrected chi connectivity index (χ2v) is 8.55. The van der Waals surface area contributed by atoms with Gasteiger partial charge in [-0.2, -0.15) is 0 Å². The van der Waals surface area contributed by atoms with Gasteiger partial charge in [0, 0.05) is 0 Å². The highest BCUT2D eigenvalue weighted by atomic mass is 14.5. The molecule has 2 aliphatic carbocycles. The molecule has 0 aromatic rings. The van der Waals surface area contributed by atoms with E-state index in [9.17, 15) is 0 Å². The van der Waals surface area contributed by atoms with Crippen LogP contribution in [0.2, 0.25) is 0 Å². The van der Waals surface area contributed by atoms with E-state index in [4.69, 9.17) is 0 Å². The van der Waals surface area contributed by atoms with Crippen LogP contribution in [0.4, 0.5) is 0 Å². The van der Waals surface area contributed by atoms with E-state index in [0.29, 0.717) is 16.2 Å². The summed E-state index contributed by atoms with van der Waals surface area (Å²) in [6.07, 6.45) is 16.2. The predicted octanol–water partition coefficient (Wildman–Crippen LogP) is 6.34. The molecule has 0 N–H and O–H groups in total. The van der Waals surface area contributed by atoms with Crippen molar-refractivity contribution in [3.8, 4) is 0 Å². The minimum absolute atomic E-state index is 0.527. The minimum atomic E-state index is 0.527. The highest BCUT2D eigenvalue weighted by Gasteiger charge is 2.45. The smallest absolute Gasteiger partial charge is 0.0274 e. The lowest BCUT2D eigenvalue weighted by molar-refractivity contribution is -0.00866. The maximum atomic E-state index is 2.58. The van der Waals surface area contributed by atoms with Gasteiger partial charge in [-0.1, -0.05) is 66.2 Å². The van der Waals surface area contributed by atoms with Crippen LogP contribution >= 0.6 is 0 Å². The van der Waals surface area contributed by atoms with Crippen LogP contribution < -0.4 is 0 Å². The summed E-state index contributed by atoms with van der Waals surface area (Å²) in [6.45, 7) is 10.3.